The highest BCUT2D eigenvalue weighted by molar-refractivity contribution is 6.12. The van der Waals surface area contributed by atoms with Crippen molar-refractivity contribution in [2.75, 3.05) is 7.11 Å². The standard InChI is InChI=1S/C29H31NO5/c1-16(2)35-29(33)24-18(4)30-22-15-17(3)23(28(32)34-5)27(31)26(22)25(24)21-13-11-20(12-14-21)19-9-7-6-8-10-19/h6-14,16-17,23,25,30H,15H2,1-5H3/t17-,23-,25+/m1/s1. The number of hydrogen-bond donors (Lipinski definition) is 1. The van der Waals surface area contributed by atoms with E-state index in [9.17, 15) is 14.4 Å². The van der Waals surface area contributed by atoms with Crippen LogP contribution in [0.5, 0.6) is 0 Å². The Morgan fingerprint density at radius 3 is 2.23 bits per heavy atom. The largest absolute Gasteiger partial charge is 0.468 e. The zero-order valence-electron chi connectivity index (χ0n) is 20.8. The smallest absolute Gasteiger partial charge is 0.337 e. The third-order valence-corrected chi connectivity index (χ3v) is 6.66. The van der Waals surface area contributed by atoms with E-state index in [0.29, 0.717) is 23.3 Å². The maximum Gasteiger partial charge on any atom is 0.337 e. The van der Waals surface area contributed by atoms with Crippen molar-refractivity contribution in [2.45, 2.75) is 46.1 Å². The van der Waals surface area contributed by atoms with E-state index >= 15 is 0 Å². The van der Waals surface area contributed by atoms with Crippen molar-refractivity contribution in [1.82, 2.24) is 5.32 Å². The molecule has 0 unspecified atom stereocenters. The Morgan fingerprint density at radius 2 is 1.63 bits per heavy atom. The van der Waals surface area contributed by atoms with E-state index in [1.807, 2.05) is 68.4 Å². The summed E-state index contributed by atoms with van der Waals surface area (Å²) >= 11 is 0. The summed E-state index contributed by atoms with van der Waals surface area (Å²) in [5.74, 6) is -3.11. The summed E-state index contributed by atoms with van der Waals surface area (Å²) in [4.78, 5) is 39.6. The number of methoxy groups -OCH3 is 1. The van der Waals surface area contributed by atoms with Gasteiger partial charge in [0.05, 0.1) is 18.8 Å². The first-order valence-corrected chi connectivity index (χ1v) is 11.9. The van der Waals surface area contributed by atoms with E-state index in [1.54, 1.807) is 13.8 Å². The van der Waals surface area contributed by atoms with Gasteiger partial charge in [0.25, 0.3) is 0 Å². The molecule has 35 heavy (non-hydrogen) atoms. The monoisotopic (exact) mass is 473 g/mol. The molecule has 2 aliphatic rings. The van der Waals surface area contributed by atoms with E-state index in [-0.39, 0.29) is 17.8 Å². The molecule has 4 rings (SSSR count). The van der Waals surface area contributed by atoms with E-state index in [2.05, 4.69) is 5.32 Å². The summed E-state index contributed by atoms with van der Waals surface area (Å²) in [6.07, 6.45) is 0.188. The maximum absolute atomic E-state index is 13.8. The van der Waals surface area contributed by atoms with Gasteiger partial charge >= 0.3 is 11.9 Å². The number of benzene rings is 2. The van der Waals surface area contributed by atoms with Crippen molar-refractivity contribution < 1.29 is 23.9 Å². The highest BCUT2D eigenvalue weighted by Crippen LogP contribution is 2.45. The van der Waals surface area contributed by atoms with Gasteiger partial charge in [-0.25, -0.2) is 4.79 Å². The van der Waals surface area contributed by atoms with Crippen molar-refractivity contribution in [2.24, 2.45) is 11.8 Å². The van der Waals surface area contributed by atoms with Gasteiger partial charge in [-0.2, -0.15) is 0 Å². The molecule has 0 spiro atoms. The lowest BCUT2D eigenvalue weighted by atomic mass is 9.69. The van der Waals surface area contributed by atoms with Crippen LogP contribution in [-0.4, -0.2) is 30.9 Å². The summed E-state index contributed by atoms with van der Waals surface area (Å²) in [5.41, 5.74) is 5.12. The molecule has 0 saturated heterocycles. The Bertz CT molecular complexity index is 1210. The summed E-state index contributed by atoms with van der Waals surface area (Å²) in [6, 6.07) is 17.8. The van der Waals surface area contributed by atoms with Gasteiger partial charge in [0.2, 0.25) is 0 Å². The second-order valence-electron chi connectivity index (χ2n) is 9.48. The molecule has 0 bridgehead atoms. The number of carbonyl (C=O) groups is 3. The molecule has 0 aromatic heterocycles. The van der Waals surface area contributed by atoms with Crippen LogP contribution in [0.2, 0.25) is 0 Å². The van der Waals surface area contributed by atoms with E-state index in [0.717, 1.165) is 22.4 Å². The van der Waals surface area contributed by atoms with Crippen LogP contribution in [-0.2, 0) is 23.9 Å². The Morgan fingerprint density at radius 1 is 1.00 bits per heavy atom. The Balaban J connectivity index is 1.84. The zero-order chi connectivity index (χ0) is 25.3. The van der Waals surface area contributed by atoms with Crippen LogP contribution in [0.3, 0.4) is 0 Å². The van der Waals surface area contributed by atoms with Gasteiger partial charge in [0, 0.05) is 22.9 Å². The van der Waals surface area contributed by atoms with E-state index < -0.39 is 23.8 Å². The lowest BCUT2D eigenvalue weighted by molar-refractivity contribution is -0.151. The van der Waals surface area contributed by atoms with Crippen molar-refractivity contribution >= 4 is 17.7 Å². The van der Waals surface area contributed by atoms with Crippen LogP contribution < -0.4 is 5.32 Å². The van der Waals surface area contributed by atoms with Crippen LogP contribution in [0.25, 0.3) is 11.1 Å². The first-order valence-electron chi connectivity index (χ1n) is 11.9. The van der Waals surface area contributed by atoms with E-state index in [4.69, 9.17) is 9.47 Å². The minimum absolute atomic E-state index is 0.223. The van der Waals surface area contributed by atoms with Crippen LogP contribution >= 0.6 is 0 Å². The number of esters is 2. The number of ketones is 1. The number of hydrogen-bond acceptors (Lipinski definition) is 6. The van der Waals surface area contributed by atoms with Crippen molar-refractivity contribution in [3.8, 4) is 11.1 Å². The molecule has 182 valence electrons. The van der Waals surface area contributed by atoms with Gasteiger partial charge < -0.3 is 14.8 Å². The summed E-state index contributed by atoms with van der Waals surface area (Å²) < 4.78 is 10.5. The maximum atomic E-state index is 13.8. The van der Waals surface area contributed by atoms with Crippen LogP contribution in [0.4, 0.5) is 0 Å². The average Bonchev–Trinajstić information content (AvgIpc) is 2.83. The first kappa shape index (κ1) is 24.5. The first-order chi connectivity index (χ1) is 16.7. The van der Waals surface area contributed by atoms with Crippen molar-refractivity contribution in [3.05, 3.63) is 82.7 Å². The molecular weight excluding hydrogens is 442 g/mol. The fraction of sp³-hybridized carbons (Fsp3) is 0.345. The summed E-state index contributed by atoms with van der Waals surface area (Å²) in [6.45, 7) is 7.28. The second kappa shape index (κ2) is 9.90. The zero-order valence-corrected chi connectivity index (χ0v) is 20.8. The van der Waals surface area contributed by atoms with E-state index in [1.165, 1.54) is 7.11 Å². The molecule has 1 heterocycles. The number of allylic oxidation sites excluding steroid dienone is 3. The molecule has 6 heteroatoms. The lowest BCUT2D eigenvalue weighted by Crippen LogP contribution is -2.43. The number of Topliss-reactive ketones (excluding diaryl/α,β-unsaturated/α-hetero) is 1. The Labute approximate surface area is 206 Å². The third kappa shape index (κ3) is 4.65. The van der Waals surface area contributed by atoms with Gasteiger partial charge in [-0.05, 0) is 49.8 Å². The predicted molar refractivity (Wildman–Crippen MR) is 133 cm³/mol. The molecule has 3 atom stereocenters. The Kier molecular flexibility index (Phi) is 6.92. The van der Waals surface area contributed by atoms with Crippen molar-refractivity contribution in [1.29, 1.82) is 0 Å². The van der Waals surface area contributed by atoms with Gasteiger partial charge in [0.15, 0.2) is 5.78 Å². The molecule has 1 aliphatic carbocycles. The molecule has 2 aromatic carbocycles. The van der Waals surface area contributed by atoms with Crippen LogP contribution in [0, 0.1) is 11.8 Å². The molecule has 0 fully saturated rings. The molecule has 1 aliphatic heterocycles. The molecule has 6 nitrogen and oxygen atoms in total. The molecule has 0 amide bonds. The van der Waals surface area contributed by atoms with Crippen molar-refractivity contribution in [3.63, 3.8) is 0 Å². The predicted octanol–water partition coefficient (Wildman–Crippen LogP) is 4.92. The number of carbonyl (C=O) groups excluding carboxylic acids is 3. The number of rotatable bonds is 5. The minimum Gasteiger partial charge on any atom is -0.468 e. The Hall–Kier alpha value is -3.67. The van der Waals surface area contributed by atoms with Gasteiger partial charge in [-0.15, -0.1) is 0 Å². The third-order valence-electron chi connectivity index (χ3n) is 6.66. The molecule has 2 aromatic rings. The highest BCUT2D eigenvalue weighted by Gasteiger charge is 2.47. The lowest BCUT2D eigenvalue weighted by Gasteiger charge is -2.38. The second-order valence-corrected chi connectivity index (χ2v) is 9.48. The number of nitrogens with one attached hydrogen (secondary N) is 1. The summed E-state index contributed by atoms with van der Waals surface area (Å²) in [7, 11) is 1.29. The van der Waals surface area contributed by atoms with Crippen LogP contribution in [0.15, 0.2) is 77.1 Å². The van der Waals surface area contributed by atoms with Gasteiger partial charge in [-0.3, -0.25) is 9.59 Å². The van der Waals surface area contributed by atoms with Gasteiger partial charge in [-0.1, -0.05) is 61.5 Å². The number of ether oxygens (including phenoxy) is 2. The minimum atomic E-state index is -0.910. The normalized spacial score (nSPS) is 22.0. The summed E-state index contributed by atoms with van der Waals surface area (Å²) in [5, 5.41) is 3.28. The molecule has 1 N–H and O–H groups in total. The van der Waals surface area contributed by atoms with Gasteiger partial charge in [0.1, 0.15) is 5.92 Å². The number of dihydropyridines is 1. The average molecular weight is 474 g/mol. The topological polar surface area (TPSA) is 81.7 Å². The molecule has 0 saturated carbocycles. The molecule has 0 radical (unpaired) electrons. The molecular formula is C29H31NO5. The SMILES string of the molecule is COC(=O)[C@H]1C(=O)C2=C(C[C@H]1C)NC(C)=C(C(=O)OC(C)C)[C@@H]2c1ccc(-c2ccccc2)cc1. The fourth-order valence-corrected chi connectivity index (χ4v) is 5.06. The van der Waals surface area contributed by atoms with Crippen LogP contribution in [0.1, 0.15) is 45.6 Å². The quantitative estimate of drug-likeness (QED) is 0.490. The highest BCUT2D eigenvalue weighted by atomic mass is 16.5. The fourth-order valence-electron chi connectivity index (χ4n) is 5.06.